The molecule has 0 aromatic heterocycles. The van der Waals surface area contributed by atoms with Gasteiger partial charge in [0.1, 0.15) is 11.6 Å². The lowest BCUT2D eigenvalue weighted by molar-refractivity contribution is 0.0954. The van der Waals surface area contributed by atoms with Crippen molar-refractivity contribution in [1.82, 2.24) is 5.43 Å². The van der Waals surface area contributed by atoms with Crippen molar-refractivity contribution in [2.45, 2.75) is 6.92 Å². The third-order valence-electron chi connectivity index (χ3n) is 2.66. The summed E-state index contributed by atoms with van der Waals surface area (Å²) in [5.74, 6) is -0.145. The summed E-state index contributed by atoms with van der Waals surface area (Å²) < 4.78 is 18.3. The molecule has 0 unspecified atom stereocenters. The molecule has 5 heteroatoms. The summed E-state index contributed by atoms with van der Waals surface area (Å²) in [6.07, 6.45) is 1.51. The number of nitrogens with one attached hydrogen (secondary N) is 1. The maximum atomic E-state index is 13.0. The second kappa shape index (κ2) is 7.19. The Morgan fingerprint density at radius 3 is 2.71 bits per heavy atom. The lowest BCUT2D eigenvalue weighted by atomic mass is 10.2. The molecule has 0 saturated carbocycles. The number of nitrogens with zero attached hydrogens (tertiary/aromatic N) is 1. The molecule has 1 amide bonds. The zero-order valence-electron chi connectivity index (χ0n) is 11.5. The van der Waals surface area contributed by atoms with Crippen molar-refractivity contribution in [3.05, 3.63) is 65.5 Å². The van der Waals surface area contributed by atoms with Crippen molar-refractivity contribution in [3.63, 3.8) is 0 Å². The maximum Gasteiger partial charge on any atom is 0.271 e. The molecule has 4 nitrogen and oxygen atoms in total. The number of rotatable bonds is 5. The number of hydrogen-bond acceptors (Lipinski definition) is 3. The van der Waals surface area contributed by atoms with Gasteiger partial charge in [-0.25, -0.2) is 9.82 Å². The minimum Gasteiger partial charge on any atom is -0.494 e. The molecule has 0 aliphatic rings. The van der Waals surface area contributed by atoms with Gasteiger partial charge >= 0.3 is 0 Å². The summed E-state index contributed by atoms with van der Waals surface area (Å²) in [7, 11) is 0. The van der Waals surface area contributed by atoms with E-state index in [-0.39, 0.29) is 5.56 Å². The minimum atomic E-state index is -0.461. The van der Waals surface area contributed by atoms with E-state index in [9.17, 15) is 9.18 Å². The van der Waals surface area contributed by atoms with E-state index in [1.807, 2.05) is 31.2 Å². The first-order chi connectivity index (χ1) is 10.2. The van der Waals surface area contributed by atoms with Gasteiger partial charge in [0.15, 0.2) is 0 Å². The molecule has 0 saturated heterocycles. The number of carbonyl (C=O) groups is 1. The zero-order valence-corrected chi connectivity index (χ0v) is 11.5. The highest BCUT2D eigenvalue weighted by Gasteiger charge is 2.04. The van der Waals surface area contributed by atoms with Gasteiger partial charge in [-0.1, -0.05) is 6.07 Å². The summed E-state index contributed by atoms with van der Waals surface area (Å²) >= 11 is 0. The largest absolute Gasteiger partial charge is 0.494 e. The second-order valence-corrected chi connectivity index (χ2v) is 4.21. The second-order valence-electron chi connectivity index (χ2n) is 4.21. The SMILES string of the molecule is CCOc1ccc(/C=N/NC(=O)c2cccc(F)c2)cc1. The van der Waals surface area contributed by atoms with Crippen LogP contribution in [0.3, 0.4) is 0 Å². The number of carbonyl (C=O) groups excluding carboxylic acids is 1. The maximum absolute atomic E-state index is 13.0. The predicted molar refractivity (Wildman–Crippen MR) is 79.1 cm³/mol. The molecule has 2 aromatic carbocycles. The van der Waals surface area contributed by atoms with Crippen molar-refractivity contribution in [2.75, 3.05) is 6.61 Å². The molecule has 1 N–H and O–H groups in total. The van der Waals surface area contributed by atoms with Crippen molar-refractivity contribution in [2.24, 2.45) is 5.10 Å². The summed E-state index contributed by atoms with van der Waals surface area (Å²) in [4.78, 5) is 11.7. The summed E-state index contributed by atoms with van der Waals surface area (Å²) in [6.45, 7) is 2.52. The van der Waals surface area contributed by atoms with Gasteiger partial charge in [0.25, 0.3) is 5.91 Å². The van der Waals surface area contributed by atoms with Gasteiger partial charge in [-0.3, -0.25) is 4.79 Å². The quantitative estimate of drug-likeness (QED) is 0.678. The van der Waals surface area contributed by atoms with Gasteiger partial charge in [0.2, 0.25) is 0 Å². The van der Waals surface area contributed by atoms with Crippen LogP contribution in [0.1, 0.15) is 22.8 Å². The fourth-order valence-electron chi connectivity index (χ4n) is 1.68. The molecule has 0 aliphatic carbocycles. The number of benzene rings is 2. The van der Waals surface area contributed by atoms with E-state index >= 15 is 0 Å². The van der Waals surface area contributed by atoms with Crippen molar-refractivity contribution < 1.29 is 13.9 Å². The summed E-state index contributed by atoms with van der Waals surface area (Å²) in [6, 6.07) is 12.7. The predicted octanol–water partition coefficient (Wildman–Crippen LogP) is 2.99. The van der Waals surface area contributed by atoms with Crippen LogP contribution in [-0.2, 0) is 0 Å². The highest BCUT2D eigenvalue weighted by molar-refractivity contribution is 5.94. The third-order valence-corrected chi connectivity index (χ3v) is 2.66. The van der Waals surface area contributed by atoms with Gasteiger partial charge in [-0.15, -0.1) is 0 Å². The van der Waals surface area contributed by atoms with Crippen LogP contribution < -0.4 is 10.2 Å². The van der Waals surface area contributed by atoms with Crippen molar-refractivity contribution in [1.29, 1.82) is 0 Å². The topological polar surface area (TPSA) is 50.7 Å². The number of amides is 1. The molecule has 2 rings (SSSR count). The Hall–Kier alpha value is -2.69. The highest BCUT2D eigenvalue weighted by atomic mass is 19.1. The summed E-state index contributed by atoms with van der Waals surface area (Å²) in [5, 5.41) is 3.84. The fourth-order valence-corrected chi connectivity index (χ4v) is 1.68. The van der Waals surface area contributed by atoms with Crippen LogP contribution in [0.15, 0.2) is 53.6 Å². The molecule has 0 heterocycles. The number of halogens is 1. The van der Waals surface area contributed by atoms with E-state index in [0.29, 0.717) is 6.61 Å². The standard InChI is InChI=1S/C16H15FN2O2/c1-2-21-15-8-6-12(7-9-15)11-18-19-16(20)13-4-3-5-14(17)10-13/h3-11H,2H2,1H3,(H,19,20)/b18-11+. The molecule has 0 aliphatic heterocycles. The van der Waals surface area contributed by atoms with Gasteiger partial charge < -0.3 is 4.74 Å². The van der Waals surface area contributed by atoms with Crippen LogP contribution in [0.4, 0.5) is 4.39 Å². The van der Waals surface area contributed by atoms with Crippen LogP contribution in [0.5, 0.6) is 5.75 Å². The van der Waals surface area contributed by atoms with E-state index in [2.05, 4.69) is 10.5 Å². The van der Waals surface area contributed by atoms with Crippen LogP contribution in [0.2, 0.25) is 0 Å². The van der Waals surface area contributed by atoms with Gasteiger partial charge in [-0.05, 0) is 55.0 Å². The Morgan fingerprint density at radius 1 is 1.29 bits per heavy atom. The molecule has 108 valence electrons. The number of hydrogen-bond donors (Lipinski definition) is 1. The Balaban J connectivity index is 1.94. The minimum absolute atomic E-state index is 0.221. The van der Waals surface area contributed by atoms with Gasteiger partial charge in [0, 0.05) is 5.56 Å². The monoisotopic (exact) mass is 286 g/mol. The Labute approximate surface area is 122 Å². The summed E-state index contributed by atoms with van der Waals surface area (Å²) in [5.41, 5.74) is 3.39. The Kier molecular flexibility index (Phi) is 5.04. The van der Waals surface area contributed by atoms with E-state index in [1.54, 1.807) is 0 Å². The Bertz CT molecular complexity index is 639. The molecular weight excluding hydrogens is 271 g/mol. The molecule has 2 aromatic rings. The first kappa shape index (κ1) is 14.7. The Morgan fingerprint density at radius 2 is 2.05 bits per heavy atom. The first-order valence-electron chi connectivity index (χ1n) is 6.51. The lowest BCUT2D eigenvalue weighted by Gasteiger charge is -2.02. The average Bonchev–Trinajstić information content (AvgIpc) is 2.49. The van der Waals surface area contributed by atoms with E-state index in [1.165, 1.54) is 24.4 Å². The molecule has 21 heavy (non-hydrogen) atoms. The van der Waals surface area contributed by atoms with Crippen molar-refractivity contribution >= 4 is 12.1 Å². The first-order valence-corrected chi connectivity index (χ1v) is 6.51. The van der Waals surface area contributed by atoms with Crippen LogP contribution in [0, 0.1) is 5.82 Å². The van der Waals surface area contributed by atoms with Crippen molar-refractivity contribution in [3.8, 4) is 5.75 Å². The lowest BCUT2D eigenvalue weighted by Crippen LogP contribution is -2.17. The normalized spacial score (nSPS) is 10.6. The van der Waals surface area contributed by atoms with Crippen LogP contribution >= 0.6 is 0 Å². The molecule has 0 bridgehead atoms. The molecule has 0 spiro atoms. The number of ether oxygens (including phenoxy) is 1. The molecule has 0 atom stereocenters. The van der Waals surface area contributed by atoms with Gasteiger partial charge in [0.05, 0.1) is 12.8 Å². The molecule has 0 radical (unpaired) electrons. The smallest absolute Gasteiger partial charge is 0.271 e. The van der Waals surface area contributed by atoms with E-state index in [0.717, 1.165) is 17.4 Å². The van der Waals surface area contributed by atoms with E-state index in [4.69, 9.17) is 4.74 Å². The average molecular weight is 286 g/mol. The van der Waals surface area contributed by atoms with Crippen LogP contribution in [-0.4, -0.2) is 18.7 Å². The zero-order chi connectivity index (χ0) is 15.1. The number of hydrazone groups is 1. The third kappa shape index (κ3) is 4.42. The van der Waals surface area contributed by atoms with Crippen LogP contribution in [0.25, 0.3) is 0 Å². The molecular formula is C16H15FN2O2. The molecule has 0 fully saturated rings. The fraction of sp³-hybridized carbons (Fsp3) is 0.125. The highest BCUT2D eigenvalue weighted by Crippen LogP contribution is 2.10. The van der Waals surface area contributed by atoms with Gasteiger partial charge in [-0.2, -0.15) is 5.10 Å². The van der Waals surface area contributed by atoms with E-state index < -0.39 is 11.7 Å².